The molecule has 0 amide bonds. The van der Waals surface area contributed by atoms with Crippen LogP contribution in [0, 0.1) is 5.82 Å². The molecule has 3 rings (SSSR count). The maximum absolute atomic E-state index is 13.0. The van der Waals surface area contributed by atoms with E-state index in [0.29, 0.717) is 6.61 Å². The van der Waals surface area contributed by atoms with Crippen molar-refractivity contribution in [2.45, 2.75) is 6.61 Å². The van der Waals surface area contributed by atoms with Crippen LogP contribution < -0.4 is 4.74 Å². The number of fused-ring (bicyclic) bond motifs is 3. The van der Waals surface area contributed by atoms with Crippen LogP contribution in [0.1, 0.15) is 5.56 Å². The van der Waals surface area contributed by atoms with E-state index >= 15 is 0 Å². The van der Waals surface area contributed by atoms with Crippen molar-refractivity contribution in [3.05, 3.63) is 53.8 Å². The first-order chi connectivity index (χ1) is 7.34. The van der Waals surface area contributed by atoms with Gasteiger partial charge in [-0.2, -0.15) is 0 Å². The van der Waals surface area contributed by atoms with Crippen LogP contribution in [-0.4, -0.2) is 0 Å². The van der Waals surface area contributed by atoms with Gasteiger partial charge in [-0.3, -0.25) is 0 Å². The van der Waals surface area contributed by atoms with E-state index in [0.717, 1.165) is 22.4 Å². The highest BCUT2D eigenvalue weighted by atomic mass is 19.1. The van der Waals surface area contributed by atoms with Gasteiger partial charge >= 0.3 is 0 Å². The molecule has 1 nitrogen and oxygen atoms in total. The smallest absolute Gasteiger partial charge is 0.127 e. The predicted molar refractivity (Wildman–Crippen MR) is 56.2 cm³/mol. The van der Waals surface area contributed by atoms with Crippen molar-refractivity contribution in [1.29, 1.82) is 0 Å². The van der Waals surface area contributed by atoms with Crippen LogP contribution in [0.25, 0.3) is 11.1 Å². The Labute approximate surface area is 87.1 Å². The number of hydrogen-bond acceptors (Lipinski definition) is 1. The van der Waals surface area contributed by atoms with Gasteiger partial charge in [0.1, 0.15) is 18.2 Å². The summed E-state index contributed by atoms with van der Waals surface area (Å²) in [4.78, 5) is 0. The predicted octanol–water partition coefficient (Wildman–Crippen LogP) is 3.39. The van der Waals surface area contributed by atoms with Crippen LogP contribution in [0.3, 0.4) is 0 Å². The molecule has 0 radical (unpaired) electrons. The molecule has 0 spiro atoms. The van der Waals surface area contributed by atoms with Crippen molar-refractivity contribution in [3.8, 4) is 16.9 Å². The summed E-state index contributed by atoms with van der Waals surface area (Å²) >= 11 is 0. The minimum Gasteiger partial charge on any atom is -0.488 e. The molecule has 2 aromatic carbocycles. The first-order valence-electron chi connectivity index (χ1n) is 4.85. The maximum atomic E-state index is 13.0. The third-order valence-electron chi connectivity index (χ3n) is 2.63. The highest BCUT2D eigenvalue weighted by Crippen LogP contribution is 2.37. The Morgan fingerprint density at radius 1 is 1.00 bits per heavy atom. The molecule has 0 N–H and O–H groups in total. The molecule has 15 heavy (non-hydrogen) atoms. The molecule has 1 aliphatic rings. The summed E-state index contributed by atoms with van der Waals surface area (Å²) in [5, 5.41) is 0. The van der Waals surface area contributed by atoms with Gasteiger partial charge in [0.25, 0.3) is 0 Å². The Morgan fingerprint density at radius 3 is 2.80 bits per heavy atom. The molecule has 0 saturated heterocycles. The molecule has 2 aromatic rings. The van der Waals surface area contributed by atoms with Crippen LogP contribution in [0.15, 0.2) is 42.5 Å². The Kier molecular flexibility index (Phi) is 1.75. The van der Waals surface area contributed by atoms with Crippen LogP contribution in [0.5, 0.6) is 5.75 Å². The lowest BCUT2D eigenvalue weighted by atomic mass is 9.97. The summed E-state index contributed by atoms with van der Waals surface area (Å²) in [5.41, 5.74) is 3.02. The van der Waals surface area contributed by atoms with Gasteiger partial charge < -0.3 is 4.74 Å². The maximum Gasteiger partial charge on any atom is 0.127 e. The minimum atomic E-state index is -0.211. The molecule has 0 saturated carbocycles. The fraction of sp³-hybridized carbons (Fsp3) is 0.0769. The van der Waals surface area contributed by atoms with E-state index in [1.807, 2.05) is 30.3 Å². The molecule has 0 unspecified atom stereocenters. The van der Waals surface area contributed by atoms with Crippen molar-refractivity contribution in [2.24, 2.45) is 0 Å². The second kappa shape index (κ2) is 3.09. The highest BCUT2D eigenvalue weighted by molar-refractivity contribution is 5.74. The number of ether oxygens (including phenoxy) is 1. The Hall–Kier alpha value is -1.83. The highest BCUT2D eigenvalue weighted by Gasteiger charge is 2.16. The average molecular weight is 200 g/mol. The quantitative estimate of drug-likeness (QED) is 0.633. The Bertz CT molecular complexity index is 520. The second-order valence-electron chi connectivity index (χ2n) is 3.59. The summed E-state index contributed by atoms with van der Waals surface area (Å²) in [6.45, 7) is 0.449. The van der Waals surface area contributed by atoms with Gasteiger partial charge in [-0.1, -0.05) is 24.3 Å². The summed E-state index contributed by atoms with van der Waals surface area (Å²) < 4.78 is 18.6. The zero-order valence-corrected chi connectivity index (χ0v) is 8.03. The molecule has 0 atom stereocenters. The second-order valence-corrected chi connectivity index (χ2v) is 3.59. The molecule has 0 bridgehead atoms. The van der Waals surface area contributed by atoms with E-state index in [1.165, 1.54) is 12.1 Å². The molecule has 0 aliphatic carbocycles. The van der Waals surface area contributed by atoms with Crippen molar-refractivity contribution in [3.63, 3.8) is 0 Å². The lowest BCUT2D eigenvalue weighted by Gasteiger charge is -2.20. The fourth-order valence-corrected chi connectivity index (χ4v) is 1.91. The molecule has 1 heterocycles. The summed E-state index contributed by atoms with van der Waals surface area (Å²) in [6.07, 6.45) is 0. The van der Waals surface area contributed by atoms with E-state index in [2.05, 4.69) is 0 Å². The lowest BCUT2D eigenvalue weighted by molar-refractivity contribution is 0.301. The Morgan fingerprint density at radius 2 is 1.87 bits per heavy atom. The van der Waals surface area contributed by atoms with Crippen molar-refractivity contribution in [1.82, 2.24) is 0 Å². The summed E-state index contributed by atoms with van der Waals surface area (Å²) in [6, 6.07) is 12.7. The van der Waals surface area contributed by atoms with Crippen LogP contribution >= 0.6 is 0 Å². The molecule has 0 aromatic heterocycles. The van der Waals surface area contributed by atoms with E-state index < -0.39 is 0 Å². The largest absolute Gasteiger partial charge is 0.488 e. The van der Waals surface area contributed by atoms with Crippen LogP contribution in [0.2, 0.25) is 0 Å². The van der Waals surface area contributed by atoms with Gasteiger partial charge in [0.2, 0.25) is 0 Å². The monoisotopic (exact) mass is 200 g/mol. The third-order valence-corrected chi connectivity index (χ3v) is 2.63. The van der Waals surface area contributed by atoms with Gasteiger partial charge in [0.15, 0.2) is 0 Å². The first kappa shape index (κ1) is 8.48. The standard InChI is InChI=1S/C13H9FO/c14-10-5-6-11-9(7-10)8-15-13-4-2-1-3-12(11)13/h1-7H,8H2. The van der Waals surface area contributed by atoms with Crippen molar-refractivity contribution in [2.75, 3.05) is 0 Å². The van der Waals surface area contributed by atoms with Gasteiger partial charge in [-0.25, -0.2) is 4.39 Å². The van der Waals surface area contributed by atoms with Crippen LogP contribution in [0.4, 0.5) is 4.39 Å². The molecule has 0 fully saturated rings. The molecular formula is C13H9FO. The zero-order chi connectivity index (χ0) is 10.3. The fourth-order valence-electron chi connectivity index (χ4n) is 1.91. The summed E-state index contributed by atoms with van der Waals surface area (Å²) in [5.74, 6) is 0.660. The molecule has 1 aliphatic heterocycles. The first-order valence-corrected chi connectivity index (χ1v) is 4.85. The third kappa shape index (κ3) is 1.30. The SMILES string of the molecule is Fc1ccc2c(c1)COc1ccccc1-2. The normalized spacial score (nSPS) is 12.6. The van der Waals surface area contributed by atoms with E-state index in [9.17, 15) is 4.39 Å². The van der Waals surface area contributed by atoms with E-state index in [-0.39, 0.29) is 5.82 Å². The van der Waals surface area contributed by atoms with Gasteiger partial charge in [-0.15, -0.1) is 0 Å². The van der Waals surface area contributed by atoms with Crippen molar-refractivity contribution >= 4 is 0 Å². The van der Waals surface area contributed by atoms with Gasteiger partial charge in [0.05, 0.1) is 0 Å². The molecule has 2 heteroatoms. The number of para-hydroxylation sites is 1. The molecule has 74 valence electrons. The Balaban J connectivity index is 2.26. The van der Waals surface area contributed by atoms with Gasteiger partial charge in [0, 0.05) is 11.1 Å². The number of rotatable bonds is 0. The molecular weight excluding hydrogens is 191 g/mol. The number of halogens is 1. The van der Waals surface area contributed by atoms with E-state index in [1.54, 1.807) is 0 Å². The topological polar surface area (TPSA) is 9.23 Å². The van der Waals surface area contributed by atoms with Crippen LogP contribution in [-0.2, 0) is 6.61 Å². The summed E-state index contributed by atoms with van der Waals surface area (Å²) in [7, 11) is 0. The zero-order valence-electron chi connectivity index (χ0n) is 8.03. The number of benzene rings is 2. The van der Waals surface area contributed by atoms with Crippen molar-refractivity contribution < 1.29 is 9.13 Å². The number of hydrogen-bond donors (Lipinski definition) is 0. The lowest BCUT2D eigenvalue weighted by Crippen LogP contribution is -2.05. The minimum absolute atomic E-state index is 0.211. The van der Waals surface area contributed by atoms with E-state index in [4.69, 9.17) is 4.74 Å². The van der Waals surface area contributed by atoms with Gasteiger partial charge in [-0.05, 0) is 23.8 Å². The average Bonchev–Trinajstić information content (AvgIpc) is 2.28.